The summed E-state index contributed by atoms with van der Waals surface area (Å²) in [7, 11) is 0. The van der Waals surface area contributed by atoms with E-state index >= 15 is 0 Å². The molecule has 2 aliphatic rings. The minimum atomic E-state index is -1.79. The molecule has 2 rings (SSSR count). The summed E-state index contributed by atoms with van der Waals surface area (Å²) in [6.07, 6.45) is 59.9. The van der Waals surface area contributed by atoms with Crippen LogP contribution in [0.3, 0.4) is 0 Å². The van der Waals surface area contributed by atoms with Gasteiger partial charge in [-0.05, 0) is 57.8 Å². The van der Waals surface area contributed by atoms with Crippen LogP contribution in [0.2, 0.25) is 0 Å². The van der Waals surface area contributed by atoms with Crippen LogP contribution in [0.5, 0.6) is 0 Å². The zero-order valence-corrected chi connectivity index (χ0v) is 55.3. The Morgan fingerprint density at radius 1 is 0.425 bits per heavy atom. The van der Waals surface area contributed by atoms with Crippen LogP contribution in [0.25, 0.3) is 0 Å². The van der Waals surface area contributed by atoms with Crippen molar-refractivity contribution in [3.05, 3.63) is 60.8 Å². The Hall–Kier alpha value is -2.31. The van der Waals surface area contributed by atoms with Gasteiger partial charge in [0.25, 0.3) is 0 Å². The zero-order valence-electron chi connectivity index (χ0n) is 55.3. The number of nitrogens with one attached hydrogen (secondary N) is 1. The highest BCUT2D eigenvalue weighted by atomic mass is 16.7. The van der Waals surface area contributed by atoms with Crippen LogP contribution >= 0.6 is 0 Å². The lowest BCUT2D eigenvalue weighted by Crippen LogP contribution is -2.65. The van der Waals surface area contributed by atoms with Crippen LogP contribution in [0.1, 0.15) is 303 Å². The molecule has 0 saturated carbocycles. The predicted molar refractivity (Wildman–Crippen MR) is 355 cm³/mol. The van der Waals surface area contributed by atoms with E-state index < -0.39 is 86.8 Å². The molecule has 2 aliphatic heterocycles. The highest BCUT2D eigenvalue weighted by molar-refractivity contribution is 5.76. The summed E-state index contributed by atoms with van der Waals surface area (Å²) in [5.41, 5.74) is 0. The van der Waals surface area contributed by atoms with Crippen molar-refractivity contribution in [2.24, 2.45) is 0 Å². The standard InChI is InChI=1S/C73H133NO13/c1-3-5-7-9-11-13-15-17-19-21-23-25-27-28-29-30-31-32-33-35-36-38-40-42-44-46-48-50-52-54-56-62(77)61(60-84-72-70(83)68(81)71(64(59-76)86-72)87-73-69(82)67(80)66(79)63(58-75)85-73)74-65(78)57-55-53-51-49-47-45-43-41-39-37-34-26-24-22-20-18-16-14-12-10-8-6-4-2/h6,8,12,14,18,20,24,26,54,56,61-64,66-73,75-77,79-83H,3-5,7,9-11,13,15-17,19,21-23,25,27-53,55,57-60H2,1-2H3,(H,74,78)/b8-6-,14-12-,20-18-,26-24-,56-54+. The van der Waals surface area contributed by atoms with Crippen LogP contribution in [-0.4, -0.2) is 140 Å². The lowest BCUT2D eigenvalue weighted by atomic mass is 9.97. The van der Waals surface area contributed by atoms with E-state index in [0.717, 1.165) is 70.6 Å². The summed E-state index contributed by atoms with van der Waals surface area (Å²) >= 11 is 0. The van der Waals surface area contributed by atoms with Gasteiger partial charge >= 0.3 is 0 Å². The third-order valence-corrected chi connectivity index (χ3v) is 17.5. The van der Waals surface area contributed by atoms with Gasteiger partial charge in [0, 0.05) is 6.42 Å². The van der Waals surface area contributed by atoms with Crippen molar-refractivity contribution in [2.45, 2.75) is 376 Å². The second-order valence-electron chi connectivity index (χ2n) is 25.3. The lowest BCUT2D eigenvalue weighted by Gasteiger charge is -2.46. The minimum Gasteiger partial charge on any atom is -0.394 e. The summed E-state index contributed by atoms with van der Waals surface area (Å²) in [5, 5.41) is 87.5. The fraction of sp³-hybridized carbons (Fsp3) is 0.849. The summed E-state index contributed by atoms with van der Waals surface area (Å²) in [6.45, 7) is 2.72. The molecule has 0 aromatic heterocycles. The fourth-order valence-corrected chi connectivity index (χ4v) is 11.8. The first kappa shape index (κ1) is 80.8. The maximum atomic E-state index is 13.3. The van der Waals surface area contributed by atoms with E-state index in [0.29, 0.717) is 6.42 Å². The molecule has 14 nitrogen and oxygen atoms in total. The Labute approximate surface area is 530 Å². The molecule has 508 valence electrons. The van der Waals surface area contributed by atoms with Gasteiger partial charge < -0.3 is 65.1 Å². The van der Waals surface area contributed by atoms with E-state index in [9.17, 15) is 45.6 Å². The number of aliphatic hydroxyl groups excluding tert-OH is 8. The van der Waals surface area contributed by atoms with Crippen molar-refractivity contribution in [1.29, 1.82) is 0 Å². The summed E-state index contributed by atoms with van der Waals surface area (Å²) in [4.78, 5) is 13.3. The number of allylic oxidation sites excluding steroid dienone is 9. The molecular weight excluding hydrogens is 1100 g/mol. The number of ether oxygens (including phenoxy) is 4. The number of aliphatic hydroxyl groups is 8. The minimum absolute atomic E-state index is 0.242. The fourth-order valence-electron chi connectivity index (χ4n) is 11.8. The third-order valence-electron chi connectivity index (χ3n) is 17.5. The Morgan fingerprint density at radius 3 is 1.22 bits per heavy atom. The molecule has 12 unspecified atom stereocenters. The molecule has 87 heavy (non-hydrogen) atoms. The Kier molecular flexibility index (Phi) is 53.5. The molecule has 2 saturated heterocycles. The second kappa shape index (κ2) is 57.6. The van der Waals surface area contributed by atoms with Gasteiger partial charge in [-0.1, -0.05) is 299 Å². The van der Waals surface area contributed by atoms with E-state index in [1.165, 1.54) is 205 Å². The van der Waals surface area contributed by atoms with Crippen LogP contribution in [-0.2, 0) is 23.7 Å². The van der Waals surface area contributed by atoms with Gasteiger partial charge in [-0.15, -0.1) is 0 Å². The molecule has 0 radical (unpaired) electrons. The van der Waals surface area contributed by atoms with E-state index in [-0.39, 0.29) is 18.9 Å². The van der Waals surface area contributed by atoms with Crippen molar-refractivity contribution in [2.75, 3.05) is 19.8 Å². The molecule has 2 heterocycles. The average Bonchev–Trinajstić information content (AvgIpc) is 2.33. The summed E-state index contributed by atoms with van der Waals surface area (Å²) in [6, 6.07) is -0.921. The summed E-state index contributed by atoms with van der Waals surface area (Å²) in [5.74, 6) is -0.242. The number of carbonyl (C=O) groups excluding carboxylic acids is 1. The third kappa shape index (κ3) is 41.7. The first-order valence-electron chi connectivity index (χ1n) is 36.0. The van der Waals surface area contributed by atoms with Gasteiger partial charge in [0.1, 0.15) is 48.8 Å². The van der Waals surface area contributed by atoms with Gasteiger partial charge in [-0.2, -0.15) is 0 Å². The topological polar surface area (TPSA) is 228 Å². The van der Waals surface area contributed by atoms with Crippen molar-refractivity contribution >= 4 is 5.91 Å². The molecule has 0 aromatic rings. The van der Waals surface area contributed by atoms with Crippen molar-refractivity contribution in [3.8, 4) is 0 Å². The van der Waals surface area contributed by atoms with Crippen LogP contribution in [0, 0.1) is 0 Å². The smallest absolute Gasteiger partial charge is 0.220 e. The maximum Gasteiger partial charge on any atom is 0.220 e. The normalized spacial score (nSPS) is 23.6. The van der Waals surface area contributed by atoms with Crippen LogP contribution < -0.4 is 5.32 Å². The van der Waals surface area contributed by atoms with E-state index in [4.69, 9.17) is 18.9 Å². The molecule has 1 amide bonds. The number of amides is 1. The van der Waals surface area contributed by atoms with Crippen molar-refractivity contribution < 1.29 is 64.6 Å². The molecule has 0 aliphatic carbocycles. The molecular formula is C73H133NO13. The lowest BCUT2D eigenvalue weighted by molar-refractivity contribution is -0.359. The van der Waals surface area contributed by atoms with Crippen molar-refractivity contribution in [1.82, 2.24) is 5.32 Å². The first-order chi connectivity index (χ1) is 42.6. The van der Waals surface area contributed by atoms with E-state index in [1.54, 1.807) is 6.08 Å². The van der Waals surface area contributed by atoms with Gasteiger partial charge in [0.15, 0.2) is 12.6 Å². The first-order valence-corrected chi connectivity index (χ1v) is 36.0. The van der Waals surface area contributed by atoms with Crippen LogP contribution in [0.4, 0.5) is 0 Å². The Morgan fingerprint density at radius 2 is 0.793 bits per heavy atom. The van der Waals surface area contributed by atoms with Gasteiger partial charge in [0.2, 0.25) is 5.91 Å². The van der Waals surface area contributed by atoms with Gasteiger partial charge in [0.05, 0.1) is 32.0 Å². The Balaban J connectivity index is 1.67. The maximum absolute atomic E-state index is 13.3. The van der Waals surface area contributed by atoms with Gasteiger partial charge in [-0.3, -0.25) is 4.79 Å². The largest absolute Gasteiger partial charge is 0.394 e. The average molecular weight is 1230 g/mol. The van der Waals surface area contributed by atoms with Gasteiger partial charge in [-0.25, -0.2) is 0 Å². The molecule has 2 fully saturated rings. The number of carbonyl (C=O) groups is 1. The highest BCUT2D eigenvalue weighted by Crippen LogP contribution is 2.30. The summed E-state index contributed by atoms with van der Waals surface area (Å²) < 4.78 is 22.9. The van der Waals surface area contributed by atoms with E-state index in [2.05, 4.69) is 67.8 Å². The molecule has 12 atom stereocenters. The zero-order chi connectivity index (χ0) is 63.1. The SMILES string of the molecule is CC/C=C\C/C=C\C/C=C\C/C=C\CCCCCCCCCCCCC(=O)NC(COC1OC(CO)C(OC2OC(CO)C(O)C(O)C2O)C(O)C1O)C(O)/C=C/CCCCCCCCCCCCCCCCCCCCCCCCCCCCCC. The molecule has 0 aromatic carbocycles. The Bertz CT molecular complexity index is 1690. The second-order valence-corrected chi connectivity index (χ2v) is 25.3. The van der Waals surface area contributed by atoms with Crippen molar-refractivity contribution in [3.63, 3.8) is 0 Å². The monoisotopic (exact) mass is 1230 g/mol. The molecule has 0 bridgehead atoms. The number of hydrogen-bond acceptors (Lipinski definition) is 13. The number of hydrogen-bond donors (Lipinski definition) is 9. The van der Waals surface area contributed by atoms with Crippen LogP contribution in [0.15, 0.2) is 60.8 Å². The molecule has 9 N–H and O–H groups in total. The number of rotatable bonds is 59. The highest BCUT2D eigenvalue weighted by Gasteiger charge is 2.51. The predicted octanol–water partition coefficient (Wildman–Crippen LogP) is 14.8. The quantitative estimate of drug-likeness (QED) is 0.0204. The number of unbranched alkanes of at least 4 members (excludes halogenated alkanes) is 38. The molecule has 14 heteroatoms. The molecule has 0 spiro atoms. The van der Waals surface area contributed by atoms with E-state index in [1.807, 2.05) is 6.08 Å².